The van der Waals surface area contributed by atoms with Gasteiger partial charge in [0.25, 0.3) is 5.91 Å². The third-order valence-corrected chi connectivity index (χ3v) is 6.40. The molecule has 30 heavy (non-hydrogen) atoms. The topological polar surface area (TPSA) is 119 Å². The number of amides is 1. The lowest BCUT2D eigenvalue weighted by atomic mass is 9.83. The van der Waals surface area contributed by atoms with Crippen LogP contribution in [-0.4, -0.2) is 38.5 Å². The number of thiophene rings is 1. The number of hydrogen-bond acceptors (Lipinski definition) is 5. The maximum absolute atomic E-state index is 13.6. The molecule has 1 amide bonds. The van der Waals surface area contributed by atoms with Crippen LogP contribution in [0.4, 0.5) is 0 Å². The summed E-state index contributed by atoms with van der Waals surface area (Å²) < 4.78 is 0. The Hall–Kier alpha value is -3.18. The predicted molar refractivity (Wildman–Crippen MR) is 110 cm³/mol. The first kappa shape index (κ1) is 21.5. The van der Waals surface area contributed by atoms with Gasteiger partial charge in [0, 0.05) is 10.4 Å². The summed E-state index contributed by atoms with van der Waals surface area (Å²) in [6.45, 7) is 3.70. The number of nitriles is 1. The Morgan fingerprint density at radius 1 is 1.23 bits per heavy atom. The summed E-state index contributed by atoms with van der Waals surface area (Å²) in [4.78, 5) is 40.2. The van der Waals surface area contributed by atoms with E-state index in [0.29, 0.717) is 10.4 Å². The van der Waals surface area contributed by atoms with Gasteiger partial charge in [0.2, 0.25) is 0 Å². The molecule has 1 aromatic heterocycles. The molecule has 0 spiro atoms. The molecule has 0 aliphatic carbocycles. The molecule has 1 aliphatic rings. The standard InChI is InChI=1S/C22H22N2O5S/c1-13(2)10-22(21(28)29)11-16(20(26)27)18(17-4-3-9-30-17)24(22)19(25)15-7-5-14(12-23)6-8-15/h3-9,13,16,18H,10-11H2,1-2H3,(H,26,27)(H,28,29). The van der Waals surface area contributed by atoms with E-state index in [4.69, 9.17) is 5.26 Å². The van der Waals surface area contributed by atoms with E-state index in [9.17, 15) is 24.6 Å². The zero-order valence-corrected chi connectivity index (χ0v) is 17.4. The molecule has 3 atom stereocenters. The monoisotopic (exact) mass is 426 g/mol. The molecule has 1 aliphatic heterocycles. The number of nitrogens with zero attached hydrogens (tertiary/aromatic N) is 2. The minimum atomic E-state index is -1.64. The maximum atomic E-state index is 13.6. The summed E-state index contributed by atoms with van der Waals surface area (Å²) in [6.07, 6.45) is -0.0313. The number of likely N-dealkylation sites (tertiary alicyclic amines) is 1. The molecule has 2 heterocycles. The molecule has 156 valence electrons. The van der Waals surface area contributed by atoms with Crippen molar-refractivity contribution in [1.82, 2.24) is 4.90 Å². The van der Waals surface area contributed by atoms with E-state index < -0.39 is 35.3 Å². The number of carbonyl (C=O) groups excluding carboxylic acids is 1. The predicted octanol–water partition coefficient (Wildman–Crippen LogP) is 3.78. The van der Waals surface area contributed by atoms with Gasteiger partial charge in [-0.3, -0.25) is 9.59 Å². The fourth-order valence-corrected chi connectivity index (χ4v) is 5.19. The fraction of sp³-hybridized carbons (Fsp3) is 0.364. The number of carboxylic acids is 2. The highest BCUT2D eigenvalue weighted by Gasteiger charge is 2.61. The quantitative estimate of drug-likeness (QED) is 0.726. The zero-order valence-electron chi connectivity index (χ0n) is 16.6. The number of rotatable bonds is 6. The van der Waals surface area contributed by atoms with Crippen LogP contribution in [0, 0.1) is 23.2 Å². The number of aliphatic carboxylic acids is 2. The van der Waals surface area contributed by atoms with Gasteiger partial charge in [-0.25, -0.2) is 4.79 Å². The molecule has 2 N–H and O–H groups in total. The molecule has 2 aromatic rings. The van der Waals surface area contributed by atoms with Crippen LogP contribution in [-0.2, 0) is 9.59 Å². The molecular weight excluding hydrogens is 404 g/mol. The number of carboxylic acid groups (broad SMARTS) is 2. The van der Waals surface area contributed by atoms with Gasteiger partial charge in [-0.2, -0.15) is 5.26 Å². The number of benzene rings is 1. The third-order valence-electron chi connectivity index (χ3n) is 5.45. The summed E-state index contributed by atoms with van der Waals surface area (Å²) in [7, 11) is 0. The lowest BCUT2D eigenvalue weighted by Crippen LogP contribution is -2.54. The molecule has 3 rings (SSSR count). The van der Waals surface area contributed by atoms with Crippen LogP contribution >= 0.6 is 11.3 Å². The van der Waals surface area contributed by atoms with E-state index in [-0.39, 0.29) is 24.3 Å². The van der Waals surface area contributed by atoms with Gasteiger partial charge in [-0.15, -0.1) is 11.3 Å². The molecule has 3 unspecified atom stereocenters. The van der Waals surface area contributed by atoms with Crippen molar-refractivity contribution in [2.45, 2.75) is 38.3 Å². The first-order valence-corrected chi connectivity index (χ1v) is 10.4. The highest BCUT2D eigenvalue weighted by atomic mass is 32.1. The SMILES string of the molecule is CC(C)CC1(C(=O)O)CC(C(=O)O)C(c2cccs2)N1C(=O)c1ccc(C#N)cc1. The van der Waals surface area contributed by atoms with E-state index in [2.05, 4.69) is 0 Å². The first-order chi connectivity index (χ1) is 14.2. The van der Waals surface area contributed by atoms with Crippen LogP contribution < -0.4 is 0 Å². The Kier molecular flexibility index (Phi) is 5.94. The van der Waals surface area contributed by atoms with E-state index in [0.717, 1.165) is 0 Å². The number of hydrogen-bond donors (Lipinski definition) is 2. The fourth-order valence-electron chi connectivity index (χ4n) is 4.31. The van der Waals surface area contributed by atoms with Crippen molar-refractivity contribution in [2.24, 2.45) is 11.8 Å². The zero-order chi connectivity index (χ0) is 22.1. The van der Waals surface area contributed by atoms with E-state index in [1.165, 1.54) is 40.5 Å². The van der Waals surface area contributed by atoms with Crippen molar-refractivity contribution in [3.8, 4) is 6.07 Å². The van der Waals surface area contributed by atoms with Crippen LogP contribution in [0.15, 0.2) is 41.8 Å². The normalized spacial score (nSPS) is 23.3. The van der Waals surface area contributed by atoms with Gasteiger partial charge in [0.05, 0.1) is 23.6 Å². The van der Waals surface area contributed by atoms with Crippen molar-refractivity contribution in [1.29, 1.82) is 5.26 Å². The summed E-state index contributed by atoms with van der Waals surface area (Å²) in [6, 6.07) is 10.5. The van der Waals surface area contributed by atoms with Gasteiger partial charge >= 0.3 is 11.9 Å². The maximum Gasteiger partial charge on any atom is 0.329 e. The van der Waals surface area contributed by atoms with Crippen LogP contribution in [0.2, 0.25) is 0 Å². The van der Waals surface area contributed by atoms with Gasteiger partial charge in [0.1, 0.15) is 5.54 Å². The average molecular weight is 426 g/mol. The van der Waals surface area contributed by atoms with Crippen LogP contribution in [0.5, 0.6) is 0 Å². The Morgan fingerprint density at radius 2 is 1.90 bits per heavy atom. The van der Waals surface area contributed by atoms with Crippen molar-refractivity contribution in [2.75, 3.05) is 0 Å². The Labute approximate surface area is 178 Å². The summed E-state index contributed by atoms with van der Waals surface area (Å²) >= 11 is 1.30. The van der Waals surface area contributed by atoms with Crippen LogP contribution in [0.3, 0.4) is 0 Å². The lowest BCUT2D eigenvalue weighted by molar-refractivity contribution is -0.150. The minimum Gasteiger partial charge on any atom is -0.481 e. The average Bonchev–Trinajstić information content (AvgIpc) is 3.33. The molecule has 1 aromatic carbocycles. The van der Waals surface area contributed by atoms with Crippen molar-refractivity contribution >= 4 is 29.2 Å². The van der Waals surface area contributed by atoms with Gasteiger partial charge < -0.3 is 15.1 Å². The lowest BCUT2D eigenvalue weighted by Gasteiger charge is -2.39. The van der Waals surface area contributed by atoms with Crippen molar-refractivity contribution in [3.05, 3.63) is 57.8 Å². The van der Waals surface area contributed by atoms with Crippen molar-refractivity contribution < 1.29 is 24.6 Å². The van der Waals surface area contributed by atoms with E-state index >= 15 is 0 Å². The Bertz CT molecular complexity index is 994. The number of carbonyl (C=O) groups is 3. The molecule has 7 nitrogen and oxygen atoms in total. The summed E-state index contributed by atoms with van der Waals surface area (Å²) in [5.41, 5.74) is -1.05. The highest BCUT2D eigenvalue weighted by molar-refractivity contribution is 7.10. The van der Waals surface area contributed by atoms with Crippen LogP contribution in [0.1, 0.15) is 53.5 Å². The first-order valence-electron chi connectivity index (χ1n) is 9.54. The molecule has 1 saturated heterocycles. The summed E-state index contributed by atoms with van der Waals surface area (Å²) in [5, 5.41) is 30.9. The highest BCUT2D eigenvalue weighted by Crippen LogP contribution is 2.51. The van der Waals surface area contributed by atoms with Gasteiger partial charge in [-0.1, -0.05) is 19.9 Å². The molecule has 1 fully saturated rings. The molecule has 0 bridgehead atoms. The van der Waals surface area contributed by atoms with Crippen LogP contribution in [0.25, 0.3) is 0 Å². The second-order valence-corrected chi connectivity index (χ2v) is 8.89. The molecule has 8 heteroatoms. The minimum absolute atomic E-state index is 0.0751. The molecular formula is C22H22N2O5S. The van der Waals surface area contributed by atoms with E-state index in [1.807, 2.05) is 19.9 Å². The molecule has 0 radical (unpaired) electrons. The third kappa shape index (κ3) is 3.68. The smallest absolute Gasteiger partial charge is 0.329 e. The largest absolute Gasteiger partial charge is 0.481 e. The Balaban J connectivity index is 2.20. The van der Waals surface area contributed by atoms with Gasteiger partial charge in [0.15, 0.2) is 0 Å². The van der Waals surface area contributed by atoms with E-state index in [1.54, 1.807) is 17.5 Å². The van der Waals surface area contributed by atoms with Gasteiger partial charge in [-0.05, 0) is 54.5 Å². The second kappa shape index (κ2) is 8.28. The Morgan fingerprint density at radius 3 is 2.37 bits per heavy atom. The summed E-state index contributed by atoms with van der Waals surface area (Å²) in [5.74, 6) is -4.00. The second-order valence-electron chi connectivity index (χ2n) is 7.91. The van der Waals surface area contributed by atoms with Crippen molar-refractivity contribution in [3.63, 3.8) is 0 Å². The molecule has 0 saturated carbocycles.